The molecule has 1 aromatic rings. The van der Waals surface area contributed by atoms with Gasteiger partial charge in [0.05, 0.1) is 22.5 Å². The number of allylic oxidation sites excluding steroid dienone is 2. The number of carbonyl (C=O) groups excluding carboxylic acids is 2. The Bertz CT molecular complexity index is 845. The number of hydrazone groups is 1. The van der Waals surface area contributed by atoms with Crippen LogP contribution in [0.3, 0.4) is 0 Å². The summed E-state index contributed by atoms with van der Waals surface area (Å²) in [5.74, 6) is 0.608. The number of phenols is 1. The number of aromatic hydroxyl groups is 1. The first-order valence-corrected chi connectivity index (χ1v) is 9.84. The molecule has 4 aliphatic carbocycles. The first kappa shape index (κ1) is 15.8. The molecule has 1 saturated heterocycles. The van der Waals surface area contributed by atoms with Gasteiger partial charge in [0.1, 0.15) is 5.75 Å². The molecule has 6 atom stereocenters. The predicted octanol–water partition coefficient (Wildman–Crippen LogP) is 3.30. The van der Waals surface area contributed by atoms with Crippen LogP contribution in [0.15, 0.2) is 38.3 Å². The number of benzene rings is 1. The van der Waals surface area contributed by atoms with E-state index in [1.807, 2.05) is 0 Å². The van der Waals surface area contributed by atoms with Gasteiger partial charge in [-0.25, -0.2) is 0 Å². The van der Waals surface area contributed by atoms with E-state index in [4.69, 9.17) is 0 Å². The Morgan fingerprint density at radius 1 is 1.08 bits per heavy atom. The zero-order chi connectivity index (χ0) is 17.5. The number of rotatable bonds is 2. The van der Waals surface area contributed by atoms with E-state index in [0.717, 1.165) is 15.9 Å². The van der Waals surface area contributed by atoms with Crippen molar-refractivity contribution in [3.05, 3.63) is 38.8 Å². The van der Waals surface area contributed by atoms with E-state index in [0.29, 0.717) is 21.9 Å². The first-order chi connectivity index (χ1) is 12.0. The van der Waals surface area contributed by atoms with Crippen LogP contribution in [0.5, 0.6) is 5.75 Å². The third-order valence-corrected chi connectivity index (χ3v) is 7.07. The van der Waals surface area contributed by atoms with Crippen LogP contribution in [0.1, 0.15) is 12.0 Å². The molecular formula is C18H14Br2N2O3. The smallest absolute Gasteiger partial charge is 0.254 e. The lowest BCUT2D eigenvalue weighted by molar-refractivity contribution is -0.140. The zero-order valence-electron chi connectivity index (χ0n) is 13.0. The van der Waals surface area contributed by atoms with Crippen LogP contribution in [0.25, 0.3) is 0 Å². The SMILES string of the molecule is O=C1[C@@H]2[C@H]3C=C[C@@H]([C@@H]4C[C@@H]34)[C@@H]2C(=O)N1/N=C\c1cc(Br)cc(Br)c1O. The van der Waals surface area contributed by atoms with Gasteiger partial charge in [0.25, 0.3) is 11.8 Å². The van der Waals surface area contributed by atoms with Crippen LogP contribution in [0.2, 0.25) is 0 Å². The van der Waals surface area contributed by atoms with Crippen LogP contribution >= 0.6 is 31.9 Å². The highest BCUT2D eigenvalue weighted by atomic mass is 79.9. The van der Waals surface area contributed by atoms with Crippen LogP contribution in [-0.2, 0) is 9.59 Å². The minimum absolute atomic E-state index is 0.0199. The first-order valence-electron chi connectivity index (χ1n) is 8.25. The third kappa shape index (κ3) is 2.15. The Balaban J connectivity index is 1.47. The van der Waals surface area contributed by atoms with Crippen LogP contribution in [0, 0.1) is 35.5 Å². The molecule has 2 saturated carbocycles. The van der Waals surface area contributed by atoms with Gasteiger partial charge < -0.3 is 5.11 Å². The summed E-state index contributed by atoms with van der Waals surface area (Å²) in [6.45, 7) is 0. The summed E-state index contributed by atoms with van der Waals surface area (Å²) < 4.78 is 1.27. The molecule has 7 heteroatoms. The molecule has 0 spiro atoms. The lowest BCUT2D eigenvalue weighted by Crippen LogP contribution is -2.40. The maximum Gasteiger partial charge on any atom is 0.254 e. The molecular weight excluding hydrogens is 452 g/mol. The monoisotopic (exact) mass is 464 g/mol. The van der Waals surface area contributed by atoms with Crippen molar-refractivity contribution in [2.45, 2.75) is 6.42 Å². The largest absolute Gasteiger partial charge is 0.506 e. The van der Waals surface area contributed by atoms with Gasteiger partial charge in [0.2, 0.25) is 0 Å². The van der Waals surface area contributed by atoms with Gasteiger partial charge in [-0.2, -0.15) is 10.1 Å². The summed E-state index contributed by atoms with van der Waals surface area (Å²) in [5, 5.41) is 15.3. The number of amides is 2. The fraction of sp³-hybridized carbons (Fsp3) is 0.389. The molecule has 3 fully saturated rings. The van der Waals surface area contributed by atoms with Crippen LogP contribution in [0.4, 0.5) is 0 Å². The summed E-state index contributed by atoms with van der Waals surface area (Å²) >= 11 is 6.61. The lowest BCUT2D eigenvalue weighted by atomic mass is 9.63. The zero-order valence-corrected chi connectivity index (χ0v) is 16.1. The van der Waals surface area contributed by atoms with E-state index < -0.39 is 0 Å². The Morgan fingerprint density at radius 3 is 2.28 bits per heavy atom. The van der Waals surface area contributed by atoms with Gasteiger partial charge in [-0.1, -0.05) is 28.1 Å². The summed E-state index contributed by atoms with van der Waals surface area (Å²) in [6.07, 6.45) is 6.78. The van der Waals surface area contributed by atoms with Crippen molar-refractivity contribution in [1.29, 1.82) is 0 Å². The molecule has 1 N–H and O–H groups in total. The van der Waals surface area contributed by atoms with Crippen molar-refractivity contribution < 1.29 is 14.7 Å². The van der Waals surface area contributed by atoms with Crippen molar-refractivity contribution in [2.75, 3.05) is 0 Å². The average molecular weight is 466 g/mol. The molecule has 25 heavy (non-hydrogen) atoms. The summed E-state index contributed by atoms with van der Waals surface area (Å²) in [6, 6.07) is 3.39. The number of nitrogens with zero attached hydrogens (tertiary/aromatic N) is 2. The number of imide groups is 1. The van der Waals surface area contributed by atoms with E-state index in [2.05, 4.69) is 49.1 Å². The van der Waals surface area contributed by atoms with Crippen molar-refractivity contribution in [2.24, 2.45) is 40.6 Å². The van der Waals surface area contributed by atoms with E-state index in [1.54, 1.807) is 12.1 Å². The average Bonchev–Trinajstić information content (AvgIpc) is 3.36. The van der Waals surface area contributed by atoms with Crippen molar-refractivity contribution in [1.82, 2.24) is 5.01 Å². The van der Waals surface area contributed by atoms with Crippen molar-refractivity contribution in [3.8, 4) is 5.75 Å². The standard InChI is InChI=1S/C18H14Br2N2O3/c19-8-3-7(16(23)13(20)4-8)6-21-22-17(24)14-9-1-2-10(12-5-11(9)12)15(14)18(22)25/h1-4,6,9-12,14-15,23H,5H2/b21-6-/t9-,10-,11-,12-,14-,15+/m0/s1. The number of phenolic OH excluding ortho intramolecular Hbond substituents is 1. The maximum atomic E-state index is 12.8. The molecule has 2 bridgehead atoms. The number of halogens is 2. The van der Waals surface area contributed by atoms with Gasteiger partial charge >= 0.3 is 0 Å². The third-order valence-electron chi connectivity index (χ3n) is 6.01. The Labute approximate surface area is 161 Å². The lowest BCUT2D eigenvalue weighted by Gasteiger charge is -2.37. The van der Waals surface area contributed by atoms with E-state index in [1.165, 1.54) is 6.21 Å². The van der Waals surface area contributed by atoms with Gasteiger partial charge in [-0.15, -0.1) is 0 Å². The molecule has 1 heterocycles. The fourth-order valence-corrected chi connectivity index (χ4v) is 6.12. The molecule has 2 amide bonds. The Morgan fingerprint density at radius 2 is 1.68 bits per heavy atom. The maximum absolute atomic E-state index is 12.8. The highest BCUT2D eigenvalue weighted by molar-refractivity contribution is 9.11. The fourth-order valence-electron chi connectivity index (χ4n) is 4.86. The van der Waals surface area contributed by atoms with E-state index >= 15 is 0 Å². The molecule has 0 unspecified atom stereocenters. The second kappa shape index (κ2) is 5.27. The molecule has 6 rings (SSSR count). The highest BCUT2D eigenvalue weighted by Crippen LogP contribution is 2.65. The van der Waals surface area contributed by atoms with Crippen LogP contribution in [-0.4, -0.2) is 28.1 Å². The molecule has 5 nitrogen and oxygen atoms in total. The second-order valence-electron chi connectivity index (χ2n) is 7.21. The molecule has 5 aliphatic rings. The van der Waals surface area contributed by atoms with Gasteiger partial charge in [0, 0.05) is 10.0 Å². The topological polar surface area (TPSA) is 70.0 Å². The van der Waals surface area contributed by atoms with Crippen molar-refractivity contribution in [3.63, 3.8) is 0 Å². The second-order valence-corrected chi connectivity index (χ2v) is 8.98. The van der Waals surface area contributed by atoms with E-state index in [-0.39, 0.29) is 41.2 Å². The molecule has 128 valence electrons. The van der Waals surface area contributed by atoms with Gasteiger partial charge in [-0.3, -0.25) is 9.59 Å². The number of carbonyl (C=O) groups is 2. The Hall–Kier alpha value is -1.47. The molecule has 0 aromatic heterocycles. The summed E-state index contributed by atoms with van der Waals surface area (Å²) in [5.41, 5.74) is 0.431. The van der Waals surface area contributed by atoms with E-state index in [9.17, 15) is 14.7 Å². The highest BCUT2D eigenvalue weighted by Gasteiger charge is 2.67. The number of hydrogen-bond acceptors (Lipinski definition) is 4. The van der Waals surface area contributed by atoms with Crippen molar-refractivity contribution >= 4 is 49.9 Å². The molecule has 1 aliphatic heterocycles. The minimum Gasteiger partial charge on any atom is -0.506 e. The predicted molar refractivity (Wildman–Crippen MR) is 97.7 cm³/mol. The number of hydrogen-bond donors (Lipinski definition) is 1. The minimum atomic E-state index is -0.258. The Kier molecular flexibility index (Phi) is 3.32. The normalized spacial score (nSPS) is 37.8. The van der Waals surface area contributed by atoms with Gasteiger partial charge in [0.15, 0.2) is 0 Å². The van der Waals surface area contributed by atoms with Gasteiger partial charge in [-0.05, 0) is 58.2 Å². The summed E-state index contributed by atoms with van der Waals surface area (Å²) in [7, 11) is 0. The summed E-state index contributed by atoms with van der Waals surface area (Å²) in [4.78, 5) is 25.6. The van der Waals surface area contributed by atoms with Crippen LogP contribution < -0.4 is 0 Å². The molecule has 1 aromatic carbocycles. The molecule has 0 radical (unpaired) electrons. The quantitative estimate of drug-likeness (QED) is 0.414.